The van der Waals surface area contributed by atoms with Gasteiger partial charge >= 0.3 is 6.03 Å². The fourth-order valence-corrected chi connectivity index (χ4v) is 2.17. The molecule has 0 spiro atoms. The summed E-state index contributed by atoms with van der Waals surface area (Å²) in [5.74, 6) is -1.40. The van der Waals surface area contributed by atoms with Gasteiger partial charge in [-0.25, -0.2) is 13.6 Å². The minimum Gasteiger partial charge on any atom is -0.393 e. The number of nitrogens with one attached hydrogen (secondary N) is 2. The van der Waals surface area contributed by atoms with Gasteiger partial charge in [0.15, 0.2) is 11.6 Å². The predicted molar refractivity (Wildman–Crippen MR) is 83.2 cm³/mol. The van der Waals surface area contributed by atoms with Gasteiger partial charge in [-0.05, 0) is 31.4 Å². The van der Waals surface area contributed by atoms with Gasteiger partial charge in [-0.3, -0.25) is 0 Å². The third-order valence-electron chi connectivity index (χ3n) is 3.08. The number of aliphatic hydroxyl groups is 1. The van der Waals surface area contributed by atoms with Gasteiger partial charge in [0.25, 0.3) is 0 Å². The van der Waals surface area contributed by atoms with Gasteiger partial charge in [-0.15, -0.1) is 0 Å². The lowest BCUT2D eigenvalue weighted by molar-refractivity contribution is 0.163. The lowest BCUT2D eigenvalue weighted by atomic mass is 10.1. The van der Waals surface area contributed by atoms with Crippen molar-refractivity contribution in [3.8, 4) is 0 Å². The molecule has 0 unspecified atom stereocenters. The molecule has 0 saturated heterocycles. The number of aliphatic hydroxyl groups excluding tert-OH is 1. The third kappa shape index (κ3) is 5.48. The van der Waals surface area contributed by atoms with E-state index in [9.17, 15) is 18.7 Å². The molecule has 0 aliphatic carbocycles. The van der Waals surface area contributed by atoms with E-state index in [1.165, 1.54) is 19.0 Å². The minimum atomic E-state index is -0.747. The number of carbonyl (C=O) groups excluding carboxylic acids is 1. The maximum atomic E-state index is 13.8. The highest BCUT2D eigenvalue weighted by atomic mass is 19.1. The molecule has 0 heterocycles. The van der Waals surface area contributed by atoms with Gasteiger partial charge in [0.2, 0.25) is 0 Å². The zero-order valence-electron chi connectivity index (χ0n) is 13.3. The van der Waals surface area contributed by atoms with Crippen molar-refractivity contribution in [1.82, 2.24) is 5.32 Å². The van der Waals surface area contributed by atoms with E-state index in [1.54, 1.807) is 6.92 Å². The molecule has 1 aromatic rings. The summed E-state index contributed by atoms with van der Waals surface area (Å²) in [6.45, 7) is 3.92. The lowest BCUT2D eigenvalue weighted by Gasteiger charge is -2.17. The van der Waals surface area contributed by atoms with Crippen LogP contribution in [0.1, 0.15) is 20.3 Å². The molecule has 0 saturated carbocycles. The van der Waals surface area contributed by atoms with Crippen molar-refractivity contribution in [1.29, 1.82) is 0 Å². The number of rotatable bonds is 6. The van der Waals surface area contributed by atoms with Crippen molar-refractivity contribution in [2.24, 2.45) is 5.92 Å². The van der Waals surface area contributed by atoms with E-state index in [1.807, 2.05) is 6.92 Å². The Morgan fingerprint density at radius 1 is 1.27 bits per heavy atom. The Kier molecular flexibility index (Phi) is 6.55. The van der Waals surface area contributed by atoms with Crippen LogP contribution in [0, 0.1) is 17.6 Å². The summed E-state index contributed by atoms with van der Waals surface area (Å²) in [5.41, 5.74) is -0.113. The molecule has 0 radical (unpaired) electrons. The monoisotopic (exact) mass is 315 g/mol. The highest BCUT2D eigenvalue weighted by Gasteiger charge is 2.14. The fraction of sp³-hybridized carbons (Fsp3) is 0.533. The Hall–Kier alpha value is -1.89. The molecule has 2 amide bonds. The van der Waals surface area contributed by atoms with Crippen LogP contribution in [0.15, 0.2) is 12.1 Å². The largest absolute Gasteiger partial charge is 0.393 e. The van der Waals surface area contributed by atoms with E-state index >= 15 is 0 Å². The second-order valence-electron chi connectivity index (χ2n) is 5.71. The van der Waals surface area contributed by atoms with Gasteiger partial charge in [0, 0.05) is 26.3 Å². The number of nitrogens with zero attached hydrogens (tertiary/aromatic N) is 1. The average Bonchev–Trinajstić information content (AvgIpc) is 2.34. The van der Waals surface area contributed by atoms with Crippen molar-refractivity contribution in [3.05, 3.63) is 23.8 Å². The number of amides is 2. The van der Waals surface area contributed by atoms with Crippen LogP contribution in [0.3, 0.4) is 0 Å². The van der Waals surface area contributed by atoms with E-state index in [0.29, 0.717) is 13.0 Å². The summed E-state index contributed by atoms with van der Waals surface area (Å²) in [7, 11) is 3.07. The van der Waals surface area contributed by atoms with Crippen LogP contribution in [0.4, 0.5) is 25.0 Å². The average molecular weight is 315 g/mol. The highest BCUT2D eigenvalue weighted by Crippen LogP contribution is 2.25. The van der Waals surface area contributed by atoms with Crippen molar-refractivity contribution in [2.75, 3.05) is 30.9 Å². The maximum Gasteiger partial charge on any atom is 0.319 e. The van der Waals surface area contributed by atoms with Gasteiger partial charge in [-0.1, -0.05) is 6.92 Å². The second kappa shape index (κ2) is 7.93. The van der Waals surface area contributed by atoms with Gasteiger partial charge in [0.05, 0.1) is 6.10 Å². The molecule has 124 valence electrons. The summed E-state index contributed by atoms with van der Waals surface area (Å²) < 4.78 is 27.6. The number of halogens is 2. The van der Waals surface area contributed by atoms with Crippen molar-refractivity contribution >= 4 is 17.4 Å². The summed E-state index contributed by atoms with van der Waals surface area (Å²) in [6.07, 6.45) is 0.114. The Labute approximate surface area is 129 Å². The van der Waals surface area contributed by atoms with Crippen LogP contribution in [0.25, 0.3) is 0 Å². The molecule has 1 aromatic carbocycles. The zero-order chi connectivity index (χ0) is 16.9. The number of anilines is 2. The smallest absolute Gasteiger partial charge is 0.319 e. The molecule has 2 atom stereocenters. The maximum absolute atomic E-state index is 13.8. The van der Waals surface area contributed by atoms with Crippen LogP contribution in [-0.2, 0) is 0 Å². The van der Waals surface area contributed by atoms with Gasteiger partial charge < -0.3 is 20.6 Å². The van der Waals surface area contributed by atoms with E-state index in [2.05, 4.69) is 10.6 Å². The van der Waals surface area contributed by atoms with Crippen molar-refractivity contribution in [3.63, 3.8) is 0 Å². The molecule has 22 heavy (non-hydrogen) atoms. The Morgan fingerprint density at radius 2 is 1.82 bits per heavy atom. The Bertz CT molecular complexity index is 499. The van der Waals surface area contributed by atoms with E-state index < -0.39 is 23.8 Å². The number of benzene rings is 1. The zero-order valence-corrected chi connectivity index (χ0v) is 13.3. The Morgan fingerprint density at radius 3 is 2.27 bits per heavy atom. The molecular weight excluding hydrogens is 292 g/mol. The van der Waals surface area contributed by atoms with E-state index in [-0.39, 0.29) is 17.3 Å². The van der Waals surface area contributed by atoms with Crippen LogP contribution in [0.5, 0.6) is 0 Å². The van der Waals surface area contributed by atoms with Crippen LogP contribution in [-0.4, -0.2) is 37.9 Å². The molecule has 7 heteroatoms. The normalized spacial score (nSPS) is 13.4. The standard InChI is InChI=1S/C15H23F2N3O2/c1-9(5-10(2)21)8-18-15(22)19-11-6-12(16)14(20(3)4)13(17)7-11/h6-7,9-10,21H,5,8H2,1-4H3,(H2,18,19,22)/t9-,10+/m1/s1. The van der Waals surface area contributed by atoms with Gasteiger partial charge in [-0.2, -0.15) is 0 Å². The molecule has 0 aliphatic rings. The first kappa shape index (κ1) is 18.2. The quantitative estimate of drug-likeness (QED) is 0.756. The highest BCUT2D eigenvalue weighted by molar-refractivity contribution is 5.89. The molecule has 3 N–H and O–H groups in total. The fourth-order valence-electron chi connectivity index (χ4n) is 2.17. The molecule has 0 aromatic heterocycles. The molecule has 0 bridgehead atoms. The number of carbonyl (C=O) groups is 1. The van der Waals surface area contributed by atoms with Gasteiger partial charge in [0.1, 0.15) is 5.69 Å². The Balaban J connectivity index is 2.62. The number of urea groups is 1. The predicted octanol–water partition coefficient (Wildman–Crippen LogP) is 2.56. The second-order valence-corrected chi connectivity index (χ2v) is 5.71. The first-order valence-corrected chi connectivity index (χ1v) is 7.10. The summed E-state index contributed by atoms with van der Waals surface area (Å²) >= 11 is 0. The van der Waals surface area contributed by atoms with Crippen molar-refractivity contribution < 1.29 is 18.7 Å². The van der Waals surface area contributed by atoms with E-state index in [0.717, 1.165) is 12.1 Å². The first-order chi connectivity index (χ1) is 10.2. The van der Waals surface area contributed by atoms with Crippen molar-refractivity contribution in [2.45, 2.75) is 26.4 Å². The van der Waals surface area contributed by atoms with Crippen LogP contribution < -0.4 is 15.5 Å². The lowest BCUT2D eigenvalue weighted by Crippen LogP contribution is -2.33. The summed E-state index contributed by atoms with van der Waals surface area (Å²) in [5, 5.41) is 14.2. The topological polar surface area (TPSA) is 64.6 Å². The molecule has 0 aliphatic heterocycles. The van der Waals surface area contributed by atoms with E-state index in [4.69, 9.17) is 0 Å². The summed E-state index contributed by atoms with van der Waals surface area (Å²) in [6, 6.07) is 1.59. The number of hydrogen-bond acceptors (Lipinski definition) is 3. The molecule has 0 fully saturated rings. The first-order valence-electron chi connectivity index (χ1n) is 7.10. The third-order valence-corrected chi connectivity index (χ3v) is 3.08. The summed E-state index contributed by atoms with van der Waals surface area (Å²) in [4.78, 5) is 13.0. The minimum absolute atomic E-state index is 0.0429. The van der Waals surface area contributed by atoms with Crippen LogP contribution in [0.2, 0.25) is 0 Å². The molecule has 5 nitrogen and oxygen atoms in total. The molecule has 1 rings (SSSR count). The SMILES string of the molecule is C[C@@H](CNC(=O)Nc1cc(F)c(N(C)C)c(F)c1)C[C@H](C)O. The number of hydrogen-bond donors (Lipinski definition) is 3. The van der Waals surface area contributed by atoms with Crippen LogP contribution >= 0.6 is 0 Å². The molecular formula is C15H23F2N3O2.